The summed E-state index contributed by atoms with van der Waals surface area (Å²) in [5.41, 5.74) is 0.805. The molecule has 2 fully saturated rings. The van der Waals surface area contributed by atoms with E-state index in [-0.39, 0.29) is 12.0 Å². The van der Waals surface area contributed by atoms with E-state index in [1.54, 1.807) is 0 Å². The second-order valence-electron chi connectivity index (χ2n) is 7.24. The van der Waals surface area contributed by atoms with Crippen LogP contribution in [0.5, 0.6) is 5.75 Å². The minimum atomic E-state index is 0.129. The third-order valence-electron chi connectivity index (χ3n) is 5.02. The summed E-state index contributed by atoms with van der Waals surface area (Å²) in [6.07, 6.45) is 4.85. The van der Waals surface area contributed by atoms with E-state index in [9.17, 15) is 4.79 Å². The predicted molar refractivity (Wildman–Crippen MR) is 101 cm³/mol. The maximum absolute atomic E-state index is 13.0. The highest BCUT2D eigenvalue weighted by Gasteiger charge is 2.31. The van der Waals surface area contributed by atoms with E-state index in [2.05, 4.69) is 16.7 Å². The van der Waals surface area contributed by atoms with Crippen molar-refractivity contribution in [1.29, 1.82) is 0 Å². The van der Waals surface area contributed by atoms with Gasteiger partial charge in [-0.15, -0.1) is 0 Å². The van der Waals surface area contributed by atoms with Gasteiger partial charge in [-0.05, 0) is 69.7 Å². The SMILES string of the molecule is CC(C)Oc1cccc(C(=O)C2CCCN(C3CCSCC3)C2)c1. The fourth-order valence-electron chi connectivity index (χ4n) is 3.83. The monoisotopic (exact) mass is 347 g/mol. The lowest BCUT2D eigenvalue weighted by atomic mass is 9.88. The maximum atomic E-state index is 13.0. The average Bonchev–Trinajstić information content (AvgIpc) is 2.62. The number of likely N-dealkylation sites (tertiary alicyclic amines) is 1. The molecule has 2 heterocycles. The van der Waals surface area contributed by atoms with E-state index in [0.717, 1.165) is 37.2 Å². The Morgan fingerprint density at radius 1 is 1.25 bits per heavy atom. The number of carbonyl (C=O) groups excluding carboxylic acids is 1. The smallest absolute Gasteiger partial charge is 0.167 e. The van der Waals surface area contributed by atoms with Crippen LogP contribution in [0.3, 0.4) is 0 Å². The van der Waals surface area contributed by atoms with E-state index >= 15 is 0 Å². The number of hydrogen-bond acceptors (Lipinski definition) is 4. The molecule has 2 aliphatic heterocycles. The minimum Gasteiger partial charge on any atom is -0.491 e. The molecule has 0 aliphatic carbocycles. The van der Waals surface area contributed by atoms with Crippen molar-refractivity contribution in [3.8, 4) is 5.75 Å². The van der Waals surface area contributed by atoms with Crippen molar-refractivity contribution >= 4 is 17.5 Å². The first-order valence-corrected chi connectivity index (χ1v) is 10.4. The molecule has 2 saturated heterocycles. The third-order valence-corrected chi connectivity index (χ3v) is 6.07. The normalized spacial score (nSPS) is 23.4. The van der Waals surface area contributed by atoms with Gasteiger partial charge in [0.2, 0.25) is 0 Å². The van der Waals surface area contributed by atoms with Crippen molar-refractivity contribution in [3.63, 3.8) is 0 Å². The summed E-state index contributed by atoms with van der Waals surface area (Å²) in [4.78, 5) is 15.6. The zero-order chi connectivity index (χ0) is 16.9. The van der Waals surface area contributed by atoms with Crippen LogP contribution in [0.1, 0.15) is 49.9 Å². The van der Waals surface area contributed by atoms with Crippen molar-refractivity contribution in [1.82, 2.24) is 4.90 Å². The van der Waals surface area contributed by atoms with Crippen LogP contribution in [0.4, 0.5) is 0 Å². The lowest BCUT2D eigenvalue weighted by Gasteiger charge is -2.39. The summed E-state index contributed by atoms with van der Waals surface area (Å²) < 4.78 is 5.74. The Labute approximate surface area is 150 Å². The highest BCUT2D eigenvalue weighted by molar-refractivity contribution is 7.99. The summed E-state index contributed by atoms with van der Waals surface area (Å²) in [7, 11) is 0. The molecule has 0 N–H and O–H groups in total. The van der Waals surface area contributed by atoms with Gasteiger partial charge in [0.15, 0.2) is 5.78 Å². The molecule has 0 spiro atoms. The topological polar surface area (TPSA) is 29.5 Å². The van der Waals surface area contributed by atoms with Crippen LogP contribution in [0.15, 0.2) is 24.3 Å². The lowest BCUT2D eigenvalue weighted by molar-refractivity contribution is 0.0740. The van der Waals surface area contributed by atoms with Crippen LogP contribution in [0.25, 0.3) is 0 Å². The highest BCUT2D eigenvalue weighted by Crippen LogP contribution is 2.28. The van der Waals surface area contributed by atoms with E-state index in [1.807, 2.05) is 38.1 Å². The maximum Gasteiger partial charge on any atom is 0.167 e. The molecule has 0 radical (unpaired) electrons. The summed E-state index contributed by atoms with van der Waals surface area (Å²) >= 11 is 2.07. The Morgan fingerprint density at radius 2 is 2.04 bits per heavy atom. The third kappa shape index (κ3) is 4.54. The molecule has 4 heteroatoms. The molecule has 0 saturated carbocycles. The molecule has 1 unspecified atom stereocenters. The zero-order valence-corrected chi connectivity index (χ0v) is 15.7. The molecule has 1 aromatic rings. The highest BCUT2D eigenvalue weighted by atomic mass is 32.2. The van der Waals surface area contributed by atoms with Crippen LogP contribution in [-0.2, 0) is 0 Å². The molecule has 2 aliphatic rings. The first-order valence-electron chi connectivity index (χ1n) is 9.26. The van der Waals surface area contributed by atoms with Crippen LogP contribution in [-0.4, -0.2) is 47.4 Å². The van der Waals surface area contributed by atoms with Gasteiger partial charge >= 0.3 is 0 Å². The quantitative estimate of drug-likeness (QED) is 0.744. The molecule has 0 bridgehead atoms. The Bertz CT molecular complexity index is 554. The van der Waals surface area contributed by atoms with Gasteiger partial charge in [0.25, 0.3) is 0 Å². The van der Waals surface area contributed by atoms with E-state index in [4.69, 9.17) is 4.74 Å². The minimum absolute atomic E-state index is 0.129. The van der Waals surface area contributed by atoms with Crippen LogP contribution < -0.4 is 4.74 Å². The van der Waals surface area contributed by atoms with Crippen LogP contribution >= 0.6 is 11.8 Å². The standard InChI is InChI=1S/C20H29NO2S/c1-15(2)23-19-7-3-5-16(13-19)20(22)17-6-4-10-21(14-17)18-8-11-24-12-9-18/h3,5,7,13,15,17-18H,4,6,8-12,14H2,1-2H3. The molecule has 3 rings (SSSR count). The van der Waals surface area contributed by atoms with Gasteiger partial charge < -0.3 is 4.74 Å². The molecule has 1 aromatic carbocycles. The number of rotatable bonds is 5. The Hall–Kier alpha value is -1.00. The number of ketones is 1. The molecule has 0 amide bonds. The lowest BCUT2D eigenvalue weighted by Crippen LogP contribution is -2.46. The molecular formula is C20H29NO2S. The first-order chi connectivity index (χ1) is 11.6. The first kappa shape index (κ1) is 17.8. The van der Waals surface area contributed by atoms with E-state index < -0.39 is 0 Å². The second kappa shape index (κ2) is 8.39. The molecule has 132 valence electrons. The number of Topliss-reactive ketones (excluding diaryl/α,β-unsaturated/α-hetero) is 1. The number of ether oxygens (including phenoxy) is 1. The average molecular weight is 348 g/mol. The number of hydrogen-bond donors (Lipinski definition) is 0. The fraction of sp³-hybridized carbons (Fsp3) is 0.650. The Balaban J connectivity index is 1.65. The summed E-state index contributed by atoms with van der Waals surface area (Å²) in [5, 5.41) is 0. The number of thioether (sulfide) groups is 1. The summed E-state index contributed by atoms with van der Waals surface area (Å²) in [5.74, 6) is 3.78. The predicted octanol–water partition coefficient (Wildman–Crippen LogP) is 4.26. The number of benzene rings is 1. The van der Waals surface area contributed by atoms with Gasteiger partial charge in [0, 0.05) is 24.1 Å². The van der Waals surface area contributed by atoms with Gasteiger partial charge in [0.05, 0.1) is 6.10 Å². The molecule has 3 nitrogen and oxygen atoms in total. The van der Waals surface area contributed by atoms with Gasteiger partial charge in [-0.1, -0.05) is 12.1 Å². The van der Waals surface area contributed by atoms with Gasteiger partial charge in [-0.2, -0.15) is 11.8 Å². The number of piperidine rings is 1. The largest absolute Gasteiger partial charge is 0.491 e. The molecular weight excluding hydrogens is 318 g/mol. The van der Waals surface area contributed by atoms with Gasteiger partial charge in [-0.3, -0.25) is 9.69 Å². The molecule has 1 atom stereocenters. The van der Waals surface area contributed by atoms with Gasteiger partial charge in [-0.25, -0.2) is 0 Å². The molecule has 0 aromatic heterocycles. The van der Waals surface area contributed by atoms with Gasteiger partial charge in [0.1, 0.15) is 5.75 Å². The van der Waals surface area contributed by atoms with Crippen LogP contribution in [0.2, 0.25) is 0 Å². The van der Waals surface area contributed by atoms with E-state index in [1.165, 1.54) is 24.3 Å². The summed E-state index contributed by atoms with van der Waals surface area (Å²) in [6.45, 7) is 6.12. The number of carbonyl (C=O) groups is 1. The van der Waals surface area contributed by atoms with Crippen molar-refractivity contribution in [2.45, 2.75) is 51.7 Å². The Morgan fingerprint density at radius 3 is 2.79 bits per heavy atom. The van der Waals surface area contributed by atoms with E-state index in [0.29, 0.717) is 11.8 Å². The van der Waals surface area contributed by atoms with Crippen molar-refractivity contribution in [2.24, 2.45) is 5.92 Å². The fourth-order valence-corrected chi connectivity index (χ4v) is 4.91. The van der Waals surface area contributed by atoms with Crippen molar-refractivity contribution in [2.75, 3.05) is 24.6 Å². The molecule has 24 heavy (non-hydrogen) atoms. The van der Waals surface area contributed by atoms with Crippen molar-refractivity contribution in [3.05, 3.63) is 29.8 Å². The second-order valence-corrected chi connectivity index (χ2v) is 8.46. The number of nitrogens with zero attached hydrogens (tertiary/aromatic N) is 1. The Kier molecular flexibility index (Phi) is 6.23. The summed E-state index contributed by atoms with van der Waals surface area (Å²) in [6, 6.07) is 8.41. The zero-order valence-electron chi connectivity index (χ0n) is 14.9. The van der Waals surface area contributed by atoms with Crippen molar-refractivity contribution < 1.29 is 9.53 Å². The van der Waals surface area contributed by atoms with Crippen LogP contribution in [0, 0.1) is 5.92 Å².